The molecule has 0 radical (unpaired) electrons. The summed E-state index contributed by atoms with van der Waals surface area (Å²) in [5.74, 6) is 17.5. The van der Waals surface area contributed by atoms with Crippen molar-refractivity contribution >= 4 is 67.4 Å². The number of ether oxygens (including phenoxy) is 2. The van der Waals surface area contributed by atoms with E-state index in [4.69, 9.17) is 30.9 Å². The zero-order valence-corrected chi connectivity index (χ0v) is 70.9. The topological polar surface area (TPSA) is 392 Å². The number of aryl methyl sites for hydroxylation is 3. The maximum absolute atomic E-state index is 13.7. The number of hydrogen-bond acceptors (Lipinski definition) is 17. The fourth-order valence-corrected chi connectivity index (χ4v) is 14.3. The number of carboxylic acids is 1. The van der Waals surface area contributed by atoms with Crippen molar-refractivity contribution in [1.82, 2.24) is 85.8 Å². The highest BCUT2D eigenvalue weighted by atomic mass is 28.3. The van der Waals surface area contributed by atoms with Crippen LogP contribution in [0.1, 0.15) is 128 Å². The number of nitrogens with two attached hydrogens (primary N) is 2. The number of fused-ring (bicyclic) bond motifs is 3. The van der Waals surface area contributed by atoms with E-state index in [0.717, 1.165) is 18.5 Å². The molecule has 34 heteroatoms. The van der Waals surface area contributed by atoms with E-state index in [0.29, 0.717) is 187 Å². The molecule has 12 aromatic rings. The van der Waals surface area contributed by atoms with Crippen LogP contribution in [-0.2, 0) is 81.8 Å². The van der Waals surface area contributed by atoms with Gasteiger partial charge in [0.2, 0.25) is 11.8 Å². The van der Waals surface area contributed by atoms with Gasteiger partial charge in [0.15, 0.2) is 28.0 Å². The van der Waals surface area contributed by atoms with E-state index < -0.39 is 33.9 Å². The van der Waals surface area contributed by atoms with Crippen LogP contribution in [0.4, 0.5) is 0 Å². The molecule has 9 aromatic heterocycles. The molecule has 618 valence electrons. The molecular formula is C84H102N20O12Si2. The minimum absolute atomic E-state index is 0.118. The zero-order valence-electron chi connectivity index (χ0n) is 68.9. The van der Waals surface area contributed by atoms with Crippen LogP contribution >= 0.6 is 0 Å². The lowest BCUT2D eigenvalue weighted by atomic mass is 10.1. The van der Waals surface area contributed by atoms with Crippen LogP contribution < -0.4 is 45.2 Å². The zero-order chi connectivity index (χ0) is 85.1. The number of nitrogens with zero attached hydrogens (tertiary/aromatic N) is 17. The third-order valence-electron chi connectivity index (χ3n) is 18.7. The highest BCUT2D eigenvalue weighted by Gasteiger charge is 2.27. The minimum atomic E-state index is -1.33. The van der Waals surface area contributed by atoms with Gasteiger partial charge in [-0.15, -0.1) is 0 Å². The largest absolute Gasteiger partial charge is 0.478 e. The number of imidazole rings is 3. The van der Waals surface area contributed by atoms with Crippen molar-refractivity contribution in [3.63, 3.8) is 0 Å². The van der Waals surface area contributed by atoms with Crippen molar-refractivity contribution < 1.29 is 29.0 Å². The number of amides is 2. The van der Waals surface area contributed by atoms with Gasteiger partial charge in [0.1, 0.15) is 56.1 Å². The molecule has 2 amide bonds. The molecule has 0 saturated heterocycles. The number of benzene rings is 3. The second-order valence-electron chi connectivity index (χ2n) is 30.7. The number of aromatic amines is 1. The van der Waals surface area contributed by atoms with Crippen LogP contribution in [0.5, 0.6) is 0 Å². The van der Waals surface area contributed by atoms with Gasteiger partial charge in [-0.3, -0.25) is 74.6 Å². The van der Waals surface area contributed by atoms with Gasteiger partial charge >= 0.3 is 23.0 Å². The predicted octanol–water partition coefficient (Wildman–Crippen LogP) is 9.33. The Morgan fingerprint density at radius 3 is 1.14 bits per heavy atom. The number of carboxylic acid groups (broad SMARTS) is 1. The first-order chi connectivity index (χ1) is 56.5. The van der Waals surface area contributed by atoms with Crippen LogP contribution in [0.25, 0.3) is 67.7 Å². The van der Waals surface area contributed by atoms with E-state index in [1.807, 2.05) is 41.5 Å². The van der Waals surface area contributed by atoms with E-state index >= 15 is 0 Å². The van der Waals surface area contributed by atoms with Gasteiger partial charge in [0, 0.05) is 115 Å². The molecular weight excluding hydrogens is 1540 g/mol. The third kappa shape index (κ3) is 21.4. The highest BCUT2D eigenvalue weighted by molar-refractivity contribution is 6.76. The lowest BCUT2D eigenvalue weighted by molar-refractivity contribution is 0.0696. The van der Waals surface area contributed by atoms with E-state index in [9.17, 15) is 48.3 Å². The van der Waals surface area contributed by atoms with Gasteiger partial charge in [-0.05, 0) is 105 Å². The van der Waals surface area contributed by atoms with E-state index in [2.05, 4.69) is 100 Å². The number of H-pyrrole nitrogens is 1. The quantitative estimate of drug-likeness (QED) is 0.0178. The molecule has 0 aliphatic rings. The van der Waals surface area contributed by atoms with Crippen LogP contribution in [-0.4, -0.2) is 138 Å². The highest BCUT2D eigenvalue weighted by Crippen LogP contribution is 2.27. The Kier molecular flexibility index (Phi) is 29.5. The normalized spacial score (nSPS) is 11.4. The molecule has 0 spiro atoms. The molecule has 3 aromatic carbocycles. The Hall–Kier alpha value is -12.8. The molecule has 0 atom stereocenters. The molecule has 0 fully saturated rings. The second kappa shape index (κ2) is 39.7. The number of aromatic nitrogens is 18. The molecule has 0 aliphatic carbocycles. The van der Waals surface area contributed by atoms with Crippen LogP contribution in [0.3, 0.4) is 0 Å². The lowest BCUT2D eigenvalue weighted by Gasteiger charge is -2.16. The van der Waals surface area contributed by atoms with Crippen molar-refractivity contribution in [3.05, 3.63) is 206 Å². The third-order valence-corrected chi connectivity index (χ3v) is 22.1. The van der Waals surface area contributed by atoms with E-state index in [1.165, 1.54) is 25.8 Å². The summed E-state index contributed by atoms with van der Waals surface area (Å²) in [6.07, 6.45) is 14.4. The average molecular weight is 1640 g/mol. The first kappa shape index (κ1) is 87.6. The number of primary amides is 2. The summed E-state index contributed by atoms with van der Waals surface area (Å²) in [6, 6.07) is 22.0. The molecule has 118 heavy (non-hydrogen) atoms. The van der Waals surface area contributed by atoms with Crippen LogP contribution in [0, 0.1) is 35.5 Å². The number of carbonyl (C=O) groups is 3. The average Bonchev–Trinajstić information content (AvgIpc) is 1.63. The van der Waals surface area contributed by atoms with Gasteiger partial charge in [0.05, 0.1) is 40.8 Å². The first-order valence-corrected chi connectivity index (χ1v) is 47.0. The van der Waals surface area contributed by atoms with Crippen molar-refractivity contribution in [2.24, 2.45) is 11.5 Å². The van der Waals surface area contributed by atoms with Crippen molar-refractivity contribution in [1.29, 1.82) is 0 Å². The Morgan fingerprint density at radius 1 is 0.441 bits per heavy atom. The Morgan fingerprint density at radius 2 is 0.780 bits per heavy atom. The van der Waals surface area contributed by atoms with E-state index in [1.54, 1.807) is 135 Å². The Bertz CT molecular complexity index is 6000. The van der Waals surface area contributed by atoms with Crippen molar-refractivity contribution in [2.45, 2.75) is 204 Å². The molecule has 32 nitrogen and oxygen atoms in total. The van der Waals surface area contributed by atoms with Gasteiger partial charge in [0.25, 0.3) is 16.7 Å². The van der Waals surface area contributed by atoms with Gasteiger partial charge in [-0.2, -0.15) is 15.3 Å². The van der Waals surface area contributed by atoms with E-state index in [-0.39, 0.29) is 65.9 Å². The SMILES string of the molecule is CCCn1c(=O)c2[nH]c(-c3cnn(CC#Cc4cccc(C(N)=O)c4)c3)nc2n(CCC)c1=O.CCCn1c(=O)c2c(nc(-c3cnn(CC#Cc4cccc(C(=O)O)c4)c3)n2COCC[Si](C)(C)C)n(CCC)c1=O.CCCn1c(=O)c2c(nc(-c3cnn(CC#Cc4cccc(C(N)=O)c4)c3)n2COCC[Si](C)(C)C)n(CCC)c1=O. The summed E-state index contributed by atoms with van der Waals surface area (Å²) in [4.78, 5) is 131. The maximum Gasteiger partial charge on any atom is 0.335 e. The lowest BCUT2D eigenvalue weighted by Crippen LogP contribution is -2.40. The number of nitrogens with one attached hydrogen (secondary N) is 1. The van der Waals surface area contributed by atoms with Gasteiger partial charge in [-0.1, -0.05) is 135 Å². The molecule has 0 saturated carbocycles. The first-order valence-electron chi connectivity index (χ1n) is 39.5. The molecule has 0 bridgehead atoms. The number of aromatic carboxylic acids is 1. The van der Waals surface area contributed by atoms with Gasteiger partial charge < -0.3 is 31.0 Å². The van der Waals surface area contributed by atoms with Crippen LogP contribution in [0.2, 0.25) is 51.4 Å². The molecule has 0 aliphatic heterocycles. The Balaban J connectivity index is 0.000000188. The molecule has 9 heterocycles. The second-order valence-corrected chi connectivity index (χ2v) is 41.9. The molecule has 6 N–H and O–H groups in total. The summed E-state index contributed by atoms with van der Waals surface area (Å²) in [5, 5.41) is 22.4. The smallest absolute Gasteiger partial charge is 0.335 e. The van der Waals surface area contributed by atoms with Crippen molar-refractivity contribution in [3.8, 4) is 69.7 Å². The number of carbonyl (C=O) groups excluding carboxylic acids is 2. The Labute approximate surface area is 682 Å². The summed E-state index contributed by atoms with van der Waals surface area (Å²) < 4.78 is 29.2. The molecule has 12 rings (SSSR count). The summed E-state index contributed by atoms with van der Waals surface area (Å²) in [6.45, 7) is 30.0. The standard InChI is InChI=1S/C30H39N7O4Si.C30H38N6O5Si.C24H25N7O3/c1-6-13-35-28-25(29(39)36(14-7-2)30(35)40)37(21-41-16-17-42(3,4)5)27(33-28)24-19-32-34(20-24)15-9-11-22-10-8-12-23(18-22)26(31)38;1-6-13-34-27-25(28(37)35(14-7-2)30(34)40)36(21-41-16-17-42(3,4)5)26(32-27)24-19-31-33(20-24)15-9-11-22-10-8-12-23(18-22)29(38)39;1-3-10-30-22-19(23(33)31(11-4-2)24(30)34)27-21(28-22)18-14-26-29(15-18)12-6-8-16-7-5-9-17(13-16)20(25)32/h8,10,12,18-20H,6-7,13-17,21H2,1-5H3,(H2,31,38);8,10,12,18-20H,6-7,13-17,21H2,1-5H3,(H,38,39);5,7,9,13-15H,3-4,10-12H2,1-2H3,(H2,25,32)(H,27,28). The van der Waals surface area contributed by atoms with Crippen molar-refractivity contribution in [2.75, 3.05) is 13.2 Å². The monoisotopic (exact) mass is 1640 g/mol. The predicted molar refractivity (Wildman–Crippen MR) is 459 cm³/mol. The number of hydrogen-bond donors (Lipinski definition) is 4. The summed E-state index contributed by atoms with van der Waals surface area (Å²) in [7, 11) is -2.65. The fourth-order valence-electron chi connectivity index (χ4n) is 12.8. The number of rotatable bonds is 31. The van der Waals surface area contributed by atoms with Gasteiger partial charge in [-0.25, -0.2) is 34.1 Å². The minimum Gasteiger partial charge on any atom is -0.478 e. The molecule has 0 unspecified atom stereocenters. The maximum atomic E-state index is 13.7. The summed E-state index contributed by atoms with van der Waals surface area (Å²) >= 11 is 0. The summed E-state index contributed by atoms with van der Waals surface area (Å²) in [5.41, 5.74) is 15.5. The van der Waals surface area contributed by atoms with Crippen LogP contribution in [0.15, 0.2) is 139 Å². The fraction of sp³-hybridized carbons (Fsp3) is 0.393.